The van der Waals surface area contributed by atoms with Crippen molar-refractivity contribution in [1.82, 2.24) is 14.9 Å². The van der Waals surface area contributed by atoms with Gasteiger partial charge < -0.3 is 14.8 Å². The van der Waals surface area contributed by atoms with Crippen LogP contribution in [-0.2, 0) is 19.6 Å². The van der Waals surface area contributed by atoms with E-state index < -0.39 is 0 Å². The Kier molecular flexibility index (Phi) is 3.97. The predicted molar refractivity (Wildman–Crippen MR) is 86.4 cm³/mol. The average Bonchev–Trinajstić information content (AvgIpc) is 2.92. The Hall–Kier alpha value is -1.81. The zero-order valence-corrected chi connectivity index (χ0v) is 13.1. The molecule has 4 nitrogen and oxygen atoms in total. The molecule has 1 aliphatic heterocycles. The Morgan fingerprint density at radius 1 is 1.29 bits per heavy atom. The molecule has 2 heterocycles. The molecule has 3 rings (SSSR count). The lowest BCUT2D eigenvalue weighted by Gasteiger charge is -2.31. The number of hydrogen-bond donors (Lipinski definition) is 1. The van der Waals surface area contributed by atoms with E-state index >= 15 is 0 Å². The van der Waals surface area contributed by atoms with E-state index in [9.17, 15) is 0 Å². The number of fused-ring (bicyclic) bond motifs is 1. The molecule has 0 bridgehead atoms. The lowest BCUT2D eigenvalue weighted by Crippen LogP contribution is -2.34. The first-order chi connectivity index (χ1) is 10.1. The SMILES string of the molecule is Cc1ccc(N2CCn3ccnc3C2)c(CNC(C)C)c1. The first-order valence-electron chi connectivity index (χ1n) is 7.71. The molecule has 2 aromatic rings. The van der Waals surface area contributed by atoms with Crippen molar-refractivity contribution < 1.29 is 0 Å². The highest BCUT2D eigenvalue weighted by Gasteiger charge is 2.19. The summed E-state index contributed by atoms with van der Waals surface area (Å²) in [5.74, 6) is 1.16. The highest BCUT2D eigenvalue weighted by molar-refractivity contribution is 5.55. The number of aryl methyl sites for hydroxylation is 1. The van der Waals surface area contributed by atoms with Crippen molar-refractivity contribution in [3.05, 3.63) is 47.5 Å². The summed E-state index contributed by atoms with van der Waals surface area (Å²) in [6.07, 6.45) is 3.97. The molecule has 1 aliphatic rings. The molecule has 0 amide bonds. The van der Waals surface area contributed by atoms with E-state index in [1.54, 1.807) is 0 Å². The van der Waals surface area contributed by atoms with Gasteiger partial charge in [0.2, 0.25) is 0 Å². The lowest BCUT2D eigenvalue weighted by molar-refractivity contribution is 0.553. The first-order valence-corrected chi connectivity index (χ1v) is 7.71. The number of hydrogen-bond acceptors (Lipinski definition) is 3. The summed E-state index contributed by atoms with van der Waals surface area (Å²) in [5.41, 5.74) is 4.03. The number of imidazole rings is 1. The quantitative estimate of drug-likeness (QED) is 0.937. The fraction of sp³-hybridized carbons (Fsp3) is 0.471. The van der Waals surface area contributed by atoms with Gasteiger partial charge >= 0.3 is 0 Å². The number of nitrogens with one attached hydrogen (secondary N) is 1. The van der Waals surface area contributed by atoms with Crippen LogP contribution in [0.1, 0.15) is 30.8 Å². The van der Waals surface area contributed by atoms with Crippen LogP contribution in [0.4, 0.5) is 5.69 Å². The van der Waals surface area contributed by atoms with Gasteiger partial charge in [-0.25, -0.2) is 4.98 Å². The minimum absolute atomic E-state index is 0.499. The molecule has 112 valence electrons. The second-order valence-electron chi connectivity index (χ2n) is 6.13. The largest absolute Gasteiger partial charge is 0.362 e. The first kappa shape index (κ1) is 14.1. The fourth-order valence-electron chi connectivity index (χ4n) is 2.86. The molecule has 0 saturated carbocycles. The van der Waals surface area contributed by atoms with E-state index in [2.05, 4.69) is 64.9 Å². The van der Waals surface area contributed by atoms with Crippen molar-refractivity contribution in [2.45, 2.75) is 46.4 Å². The van der Waals surface area contributed by atoms with Crippen molar-refractivity contribution >= 4 is 5.69 Å². The van der Waals surface area contributed by atoms with Gasteiger partial charge in [-0.15, -0.1) is 0 Å². The Balaban J connectivity index is 1.84. The molecule has 21 heavy (non-hydrogen) atoms. The number of aromatic nitrogens is 2. The molecule has 1 N–H and O–H groups in total. The van der Waals surface area contributed by atoms with Gasteiger partial charge in [0.25, 0.3) is 0 Å². The zero-order valence-electron chi connectivity index (χ0n) is 13.1. The minimum Gasteiger partial charge on any atom is -0.362 e. The van der Waals surface area contributed by atoms with E-state index in [1.165, 1.54) is 16.8 Å². The van der Waals surface area contributed by atoms with E-state index in [1.807, 2.05) is 6.20 Å². The third-order valence-corrected chi connectivity index (χ3v) is 4.02. The topological polar surface area (TPSA) is 33.1 Å². The summed E-state index contributed by atoms with van der Waals surface area (Å²) < 4.78 is 2.25. The van der Waals surface area contributed by atoms with Gasteiger partial charge in [0.1, 0.15) is 5.82 Å². The van der Waals surface area contributed by atoms with Crippen LogP contribution in [-0.4, -0.2) is 22.1 Å². The summed E-state index contributed by atoms with van der Waals surface area (Å²) in [5, 5.41) is 3.54. The molecular formula is C17H24N4. The molecule has 0 atom stereocenters. The average molecular weight is 284 g/mol. The summed E-state index contributed by atoms with van der Waals surface area (Å²) in [7, 11) is 0. The van der Waals surface area contributed by atoms with Crippen LogP contribution in [0.2, 0.25) is 0 Å². The molecule has 0 unspecified atom stereocenters. The zero-order chi connectivity index (χ0) is 14.8. The van der Waals surface area contributed by atoms with Crippen LogP contribution in [0.3, 0.4) is 0 Å². The molecule has 4 heteroatoms. The highest BCUT2D eigenvalue weighted by atomic mass is 15.2. The normalized spacial score (nSPS) is 14.6. The van der Waals surface area contributed by atoms with E-state index in [0.717, 1.165) is 32.0 Å². The second-order valence-corrected chi connectivity index (χ2v) is 6.13. The number of anilines is 1. The van der Waals surface area contributed by atoms with Crippen LogP contribution >= 0.6 is 0 Å². The molecule has 0 aliphatic carbocycles. The maximum atomic E-state index is 4.46. The summed E-state index contributed by atoms with van der Waals surface area (Å²) in [6.45, 7) is 10.4. The van der Waals surface area contributed by atoms with Crippen molar-refractivity contribution in [3.8, 4) is 0 Å². The predicted octanol–water partition coefficient (Wildman–Crippen LogP) is 2.71. The molecule has 1 aromatic heterocycles. The van der Waals surface area contributed by atoms with E-state index in [-0.39, 0.29) is 0 Å². The Bertz CT molecular complexity index is 615. The third-order valence-electron chi connectivity index (χ3n) is 4.02. The van der Waals surface area contributed by atoms with Crippen LogP contribution < -0.4 is 10.2 Å². The Morgan fingerprint density at radius 2 is 2.14 bits per heavy atom. The maximum absolute atomic E-state index is 4.46. The molecule has 1 aromatic carbocycles. The number of benzene rings is 1. The van der Waals surface area contributed by atoms with Gasteiger partial charge in [-0.3, -0.25) is 0 Å². The molecule has 0 radical (unpaired) electrons. The highest BCUT2D eigenvalue weighted by Crippen LogP contribution is 2.25. The van der Waals surface area contributed by atoms with Crippen LogP contribution in [0.5, 0.6) is 0 Å². The van der Waals surface area contributed by atoms with E-state index in [4.69, 9.17) is 0 Å². The van der Waals surface area contributed by atoms with Gasteiger partial charge in [0.15, 0.2) is 0 Å². The molecule has 0 saturated heterocycles. The lowest BCUT2D eigenvalue weighted by atomic mass is 10.1. The van der Waals surface area contributed by atoms with Gasteiger partial charge in [0, 0.05) is 43.8 Å². The van der Waals surface area contributed by atoms with Crippen LogP contribution in [0.15, 0.2) is 30.6 Å². The summed E-state index contributed by atoms with van der Waals surface area (Å²) in [4.78, 5) is 6.90. The van der Waals surface area contributed by atoms with Crippen molar-refractivity contribution in [1.29, 1.82) is 0 Å². The second kappa shape index (κ2) is 5.90. The Labute approximate surface area is 126 Å². The Morgan fingerprint density at radius 3 is 2.95 bits per heavy atom. The smallest absolute Gasteiger partial charge is 0.128 e. The van der Waals surface area contributed by atoms with Gasteiger partial charge in [-0.2, -0.15) is 0 Å². The minimum atomic E-state index is 0.499. The third kappa shape index (κ3) is 3.10. The molecule has 0 fully saturated rings. The van der Waals surface area contributed by atoms with E-state index in [0.29, 0.717) is 6.04 Å². The molecular weight excluding hydrogens is 260 g/mol. The number of nitrogens with zero attached hydrogens (tertiary/aromatic N) is 3. The van der Waals surface area contributed by atoms with Crippen LogP contribution in [0, 0.1) is 6.92 Å². The van der Waals surface area contributed by atoms with Crippen molar-refractivity contribution in [2.24, 2.45) is 0 Å². The molecule has 0 spiro atoms. The summed E-state index contributed by atoms with van der Waals surface area (Å²) in [6, 6.07) is 7.26. The number of rotatable bonds is 4. The monoisotopic (exact) mass is 284 g/mol. The van der Waals surface area contributed by atoms with Gasteiger partial charge in [-0.1, -0.05) is 31.5 Å². The van der Waals surface area contributed by atoms with Crippen LogP contribution in [0.25, 0.3) is 0 Å². The maximum Gasteiger partial charge on any atom is 0.128 e. The fourth-order valence-corrected chi connectivity index (χ4v) is 2.86. The van der Waals surface area contributed by atoms with Gasteiger partial charge in [-0.05, 0) is 18.6 Å². The van der Waals surface area contributed by atoms with Crippen molar-refractivity contribution in [2.75, 3.05) is 11.4 Å². The summed E-state index contributed by atoms with van der Waals surface area (Å²) >= 11 is 0. The van der Waals surface area contributed by atoms with Gasteiger partial charge in [0.05, 0.1) is 6.54 Å². The van der Waals surface area contributed by atoms with Crippen molar-refractivity contribution in [3.63, 3.8) is 0 Å². The standard InChI is InChI=1S/C17H24N4/c1-13(2)19-11-15-10-14(3)4-5-16(15)21-9-8-20-7-6-18-17(20)12-21/h4-7,10,13,19H,8-9,11-12H2,1-3H3.